The van der Waals surface area contributed by atoms with E-state index in [0.29, 0.717) is 13.0 Å². The van der Waals surface area contributed by atoms with Crippen molar-refractivity contribution in [1.29, 1.82) is 0 Å². The van der Waals surface area contributed by atoms with Gasteiger partial charge in [0.15, 0.2) is 0 Å². The number of carbonyl (C=O) groups excluding carboxylic acids is 2. The Morgan fingerprint density at radius 1 is 1.04 bits per heavy atom. The second-order valence-corrected chi connectivity index (χ2v) is 7.71. The molecular formula is C20H31N3O2. The molecule has 0 radical (unpaired) electrons. The summed E-state index contributed by atoms with van der Waals surface area (Å²) < 4.78 is 0. The largest absolute Gasteiger partial charge is 0.355 e. The minimum absolute atomic E-state index is 0.00830. The summed E-state index contributed by atoms with van der Waals surface area (Å²) in [5, 5.41) is 2.84. The zero-order valence-corrected chi connectivity index (χ0v) is 15.8. The Labute approximate surface area is 151 Å². The average Bonchev–Trinajstić information content (AvgIpc) is 2.60. The van der Waals surface area contributed by atoms with Gasteiger partial charge in [-0.2, -0.15) is 0 Å². The minimum atomic E-state index is -0.409. The first kappa shape index (κ1) is 19.4. The van der Waals surface area contributed by atoms with E-state index in [1.54, 1.807) is 0 Å². The molecule has 1 N–H and O–H groups in total. The zero-order valence-electron chi connectivity index (χ0n) is 15.8. The Balaban J connectivity index is 1.64. The highest BCUT2D eigenvalue weighted by atomic mass is 16.2. The van der Waals surface area contributed by atoms with Gasteiger partial charge in [0.05, 0.1) is 0 Å². The smallest absolute Gasteiger partial charge is 0.225 e. The first-order valence-electron chi connectivity index (χ1n) is 9.18. The maximum atomic E-state index is 12.3. The van der Waals surface area contributed by atoms with E-state index < -0.39 is 5.41 Å². The number of nitrogens with one attached hydrogen (secondary N) is 1. The molecule has 2 rings (SSSR count). The van der Waals surface area contributed by atoms with Gasteiger partial charge in [-0.3, -0.25) is 14.5 Å². The van der Waals surface area contributed by atoms with Crippen LogP contribution in [0, 0.1) is 5.41 Å². The molecule has 0 aromatic heterocycles. The number of hydrogen-bond acceptors (Lipinski definition) is 3. The van der Waals surface area contributed by atoms with Crippen molar-refractivity contribution in [3.05, 3.63) is 35.9 Å². The van der Waals surface area contributed by atoms with Crippen LogP contribution in [-0.4, -0.2) is 60.9 Å². The summed E-state index contributed by atoms with van der Waals surface area (Å²) in [6, 6.07) is 10.5. The highest BCUT2D eigenvalue weighted by molar-refractivity contribution is 5.82. The van der Waals surface area contributed by atoms with E-state index in [9.17, 15) is 9.59 Å². The Morgan fingerprint density at radius 2 is 1.68 bits per heavy atom. The van der Waals surface area contributed by atoms with Crippen LogP contribution in [-0.2, 0) is 16.0 Å². The molecule has 5 nitrogen and oxygen atoms in total. The molecule has 0 spiro atoms. The summed E-state index contributed by atoms with van der Waals surface area (Å²) >= 11 is 0. The second kappa shape index (κ2) is 8.99. The first-order valence-corrected chi connectivity index (χ1v) is 9.18. The van der Waals surface area contributed by atoms with Gasteiger partial charge in [0.25, 0.3) is 0 Å². The predicted molar refractivity (Wildman–Crippen MR) is 100 cm³/mol. The Bertz CT molecular complexity index is 558. The van der Waals surface area contributed by atoms with Gasteiger partial charge in [0.2, 0.25) is 11.8 Å². The van der Waals surface area contributed by atoms with Crippen LogP contribution < -0.4 is 5.32 Å². The van der Waals surface area contributed by atoms with Crippen LogP contribution in [0.3, 0.4) is 0 Å². The molecule has 5 heteroatoms. The van der Waals surface area contributed by atoms with Crippen molar-refractivity contribution in [2.45, 2.75) is 33.6 Å². The van der Waals surface area contributed by atoms with E-state index in [1.807, 2.05) is 31.7 Å². The monoisotopic (exact) mass is 345 g/mol. The Kier molecular flexibility index (Phi) is 7.00. The van der Waals surface area contributed by atoms with Crippen molar-refractivity contribution in [3.63, 3.8) is 0 Å². The van der Waals surface area contributed by atoms with Crippen LogP contribution in [0.25, 0.3) is 0 Å². The van der Waals surface area contributed by atoms with Gasteiger partial charge >= 0.3 is 0 Å². The lowest BCUT2D eigenvalue weighted by Crippen LogP contribution is -2.49. The number of benzene rings is 1. The topological polar surface area (TPSA) is 52.7 Å². The minimum Gasteiger partial charge on any atom is -0.355 e. The summed E-state index contributed by atoms with van der Waals surface area (Å²) in [7, 11) is 0. The third-order valence-corrected chi connectivity index (χ3v) is 4.59. The van der Waals surface area contributed by atoms with Crippen molar-refractivity contribution in [3.8, 4) is 0 Å². The second-order valence-electron chi connectivity index (χ2n) is 7.71. The molecule has 0 unspecified atom stereocenters. The van der Waals surface area contributed by atoms with Crippen LogP contribution >= 0.6 is 0 Å². The lowest BCUT2D eigenvalue weighted by molar-refractivity contribution is -0.133. The SMILES string of the molecule is CC(C)(C)C(=O)NCCC(=O)N1CCN(CCc2ccccc2)CC1. The summed E-state index contributed by atoms with van der Waals surface area (Å²) in [4.78, 5) is 28.4. The summed E-state index contributed by atoms with van der Waals surface area (Å²) in [6.07, 6.45) is 1.43. The molecule has 1 aliphatic rings. The predicted octanol–water partition coefficient (Wildman–Crippen LogP) is 1.93. The Hall–Kier alpha value is -1.88. The van der Waals surface area contributed by atoms with Crippen molar-refractivity contribution in [2.24, 2.45) is 5.41 Å². The fourth-order valence-electron chi connectivity index (χ4n) is 2.86. The highest BCUT2D eigenvalue weighted by Crippen LogP contribution is 2.12. The number of carbonyl (C=O) groups is 2. The lowest BCUT2D eigenvalue weighted by Gasteiger charge is -2.35. The van der Waals surface area contributed by atoms with Gasteiger partial charge in [0.1, 0.15) is 0 Å². The van der Waals surface area contributed by atoms with Crippen molar-refractivity contribution in [2.75, 3.05) is 39.3 Å². The van der Waals surface area contributed by atoms with E-state index >= 15 is 0 Å². The normalized spacial score (nSPS) is 15.9. The van der Waals surface area contributed by atoms with Crippen molar-refractivity contribution in [1.82, 2.24) is 15.1 Å². The van der Waals surface area contributed by atoms with E-state index in [-0.39, 0.29) is 11.8 Å². The molecule has 1 aliphatic heterocycles. The van der Waals surface area contributed by atoms with E-state index in [0.717, 1.165) is 39.1 Å². The molecule has 2 amide bonds. The molecule has 1 aromatic rings. The molecule has 0 aliphatic carbocycles. The van der Waals surface area contributed by atoms with Gasteiger partial charge in [-0.1, -0.05) is 51.1 Å². The van der Waals surface area contributed by atoms with Crippen LogP contribution in [0.1, 0.15) is 32.8 Å². The molecule has 25 heavy (non-hydrogen) atoms. The quantitative estimate of drug-likeness (QED) is 0.857. The fraction of sp³-hybridized carbons (Fsp3) is 0.600. The zero-order chi connectivity index (χ0) is 18.3. The van der Waals surface area contributed by atoms with Gasteiger partial charge in [-0.25, -0.2) is 0 Å². The summed E-state index contributed by atoms with van der Waals surface area (Å²) in [6.45, 7) is 10.5. The molecular weight excluding hydrogens is 314 g/mol. The van der Waals surface area contributed by atoms with Crippen LogP contribution in [0.2, 0.25) is 0 Å². The van der Waals surface area contributed by atoms with Gasteiger partial charge in [-0.05, 0) is 12.0 Å². The molecule has 0 saturated carbocycles. The van der Waals surface area contributed by atoms with Crippen molar-refractivity contribution >= 4 is 11.8 Å². The maximum absolute atomic E-state index is 12.3. The molecule has 0 bridgehead atoms. The lowest BCUT2D eigenvalue weighted by atomic mass is 9.96. The fourth-order valence-corrected chi connectivity index (χ4v) is 2.86. The van der Waals surface area contributed by atoms with E-state index in [1.165, 1.54) is 5.56 Å². The van der Waals surface area contributed by atoms with Crippen LogP contribution in [0.4, 0.5) is 0 Å². The van der Waals surface area contributed by atoms with E-state index in [2.05, 4.69) is 34.5 Å². The van der Waals surface area contributed by atoms with Gasteiger partial charge < -0.3 is 10.2 Å². The number of amides is 2. The van der Waals surface area contributed by atoms with Crippen LogP contribution in [0.5, 0.6) is 0 Å². The number of piperazine rings is 1. The molecule has 1 fully saturated rings. The molecule has 138 valence electrons. The maximum Gasteiger partial charge on any atom is 0.225 e. The number of rotatable bonds is 6. The van der Waals surface area contributed by atoms with Gasteiger partial charge in [-0.15, -0.1) is 0 Å². The third kappa shape index (κ3) is 6.50. The number of nitrogens with zero attached hydrogens (tertiary/aromatic N) is 2. The first-order chi connectivity index (χ1) is 11.9. The Morgan fingerprint density at radius 3 is 2.28 bits per heavy atom. The van der Waals surface area contributed by atoms with Gasteiger partial charge in [0, 0.05) is 51.1 Å². The molecule has 1 heterocycles. The van der Waals surface area contributed by atoms with E-state index in [4.69, 9.17) is 0 Å². The average molecular weight is 345 g/mol. The van der Waals surface area contributed by atoms with Crippen LogP contribution in [0.15, 0.2) is 30.3 Å². The molecule has 0 atom stereocenters. The number of hydrogen-bond donors (Lipinski definition) is 1. The standard InChI is InChI=1S/C20H31N3O2/c1-20(2,3)19(25)21-11-9-18(24)23-15-13-22(14-16-23)12-10-17-7-5-4-6-8-17/h4-8H,9-16H2,1-3H3,(H,21,25). The summed E-state index contributed by atoms with van der Waals surface area (Å²) in [5.41, 5.74) is 0.948. The highest BCUT2D eigenvalue weighted by Gasteiger charge is 2.23. The van der Waals surface area contributed by atoms with Crippen molar-refractivity contribution < 1.29 is 9.59 Å². The molecule has 1 aromatic carbocycles. The third-order valence-electron chi connectivity index (χ3n) is 4.59. The molecule has 1 saturated heterocycles. The summed E-state index contributed by atoms with van der Waals surface area (Å²) in [5.74, 6) is 0.128.